The van der Waals surface area contributed by atoms with Crippen molar-refractivity contribution in [1.29, 1.82) is 0 Å². The average molecular weight is 288 g/mol. The predicted molar refractivity (Wildman–Crippen MR) is 82.1 cm³/mol. The van der Waals surface area contributed by atoms with Gasteiger partial charge in [-0.3, -0.25) is 9.78 Å². The summed E-state index contributed by atoms with van der Waals surface area (Å²) in [4.78, 5) is 23.0. The van der Waals surface area contributed by atoms with Crippen molar-refractivity contribution in [2.75, 3.05) is 24.5 Å². The van der Waals surface area contributed by atoms with Crippen molar-refractivity contribution >= 4 is 11.7 Å². The molecule has 2 fully saturated rings. The molecule has 0 bridgehead atoms. The van der Waals surface area contributed by atoms with Crippen LogP contribution in [0.2, 0.25) is 0 Å². The molecule has 2 heterocycles. The predicted octanol–water partition coefficient (Wildman–Crippen LogP) is 1.92. The van der Waals surface area contributed by atoms with Crippen LogP contribution in [-0.2, 0) is 4.79 Å². The molecule has 3 rings (SSSR count). The summed E-state index contributed by atoms with van der Waals surface area (Å²) >= 11 is 0. The van der Waals surface area contributed by atoms with Crippen LogP contribution in [0.1, 0.15) is 38.3 Å². The van der Waals surface area contributed by atoms with Gasteiger partial charge in [-0.05, 0) is 38.5 Å². The van der Waals surface area contributed by atoms with Crippen molar-refractivity contribution in [3.63, 3.8) is 0 Å². The molecular weight excluding hydrogens is 264 g/mol. The fourth-order valence-corrected chi connectivity index (χ4v) is 2.83. The Hall–Kier alpha value is -1.65. The van der Waals surface area contributed by atoms with E-state index in [1.807, 2.05) is 13.1 Å². The number of aryl methyl sites for hydroxylation is 1. The maximum Gasteiger partial charge on any atom is 0.225 e. The molecule has 21 heavy (non-hydrogen) atoms. The first-order valence-corrected chi connectivity index (χ1v) is 7.89. The highest BCUT2D eigenvalue weighted by Crippen LogP contribution is 2.45. The van der Waals surface area contributed by atoms with E-state index >= 15 is 0 Å². The monoisotopic (exact) mass is 288 g/mol. The van der Waals surface area contributed by atoms with Gasteiger partial charge in [-0.25, -0.2) is 4.98 Å². The Morgan fingerprint density at radius 1 is 1.38 bits per heavy atom. The first-order chi connectivity index (χ1) is 10.1. The third kappa shape index (κ3) is 3.34. The summed E-state index contributed by atoms with van der Waals surface area (Å²) in [5.74, 6) is 1.81. The van der Waals surface area contributed by atoms with Gasteiger partial charge in [0, 0.05) is 31.2 Å². The van der Waals surface area contributed by atoms with Crippen LogP contribution in [0.4, 0.5) is 5.82 Å². The second kappa shape index (κ2) is 5.62. The number of carbonyl (C=O) groups is 1. The quantitative estimate of drug-likeness (QED) is 0.919. The van der Waals surface area contributed by atoms with Gasteiger partial charge in [-0.15, -0.1) is 0 Å². The molecule has 1 aromatic heterocycles. The average Bonchev–Trinajstić information content (AvgIpc) is 3.24. The molecule has 0 spiro atoms. The molecular formula is C16H24N4O. The van der Waals surface area contributed by atoms with Gasteiger partial charge in [0.15, 0.2) is 0 Å². The summed E-state index contributed by atoms with van der Waals surface area (Å²) in [5, 5.41) is 3.13. The summed E-state index contributed by atoms with van der Waals surface area (Å²) in [7, 11) is 0. The van der Waals surface area contributed by atoms with Crippen LogP contribution < -0.4 is 10.2 Å². The number of piperidine rings is 1. The molecule has 0 atom stereocenters. The maximum atomic E-state index is 12.0. The van der Waals surface area contributed by atoms with E-state index in [0.717, 1.165) is 56.8 Å². The number of hydrogen-bond donors (Lipinski definition) is 1. The fraction of sp³-hybridized carbons (Fsp3) is 0.688. The Morgan fingerprint density at radius 3 is 2.71 bits per heavy atom. The molecule has 1 aromatic rings. The van der Waals surface area contributed by atoms with Gasteiger partial charge in [-0.2, -0.15) is 0 Å². The molecule has 114 valence electrons. The van der Waals surface area contributed by atoms with Crippen molar-refractivity contribution in [1.82, 2.24) is 15.3 Å². The highest BCUT2D eigenvalue weighted by molar-refractivity contribution is 5.84. The third-order valence-corrected chi connectivity index (χ3v) is 4.78. The third-order valence-electron chi connectivity index (χ3n) is 4.78. The van der Waals surface area contributed by atoms with Crippen molar-refractivity contribution in [2.24, 2.45) is 11.3 Å². The van der Waals surface area contributed by atoms with E-state index in [-0.39, 0.29) is 11.3 Å². The van der Waals surface area contributed by atoms with E-state index in [9.17, 15) is 4.79 Å². The molecule has 0 radical (unpaired) electrons. The van der Waals surface area contributed by atoms with Crippen LogP contribution in [0, 0.1) is 18.3 Å². The summed E-state index contributed by atoms with van der Waals surface area (Å²) in [6, 6.07) is 0. The van der Waals surface area contributed by atoms with Gasteiger partial charge >= 0.3 is 0 Å². The minimum absolute atomic E-state index is 0.0577. The van der Waals surface area contributed by atoms with Crippen molar-refractivity contribution in [3.8, 4) is 0 Å². The molecule has 0 aromatic carbocycles. The van der Waals surface area contributed by atoms with Crippen LogP contribution in [0.3, 0.4) is 0 Å². The van der Waals surface area contributed by atoms with Crippen LogP contribution >= 0.6 is 0 Å². The number of anilines is 1. The van der Waals surface area contributed by atoms with Crippen LogP contribution in [-0.4, -0.2) is 35.5 Å². The van der Waals surface area contributed by atoms with Gasteiger partial charge < -0.3 is 10.2 Å². The highest BCUT2D eigenvalue weighted by Gasteiger charge is 2.44. The van der Waals surface area contributed by atoms with Crippen molar-refractivity contribution in [2.45, 2.75) is 39.5 Å². The second-order valence-corrected chi connectivity index (χ2v) is 6.72. The number of carbonyl (C=O) groups excluding carboxylic acids is 1. The number of aromatic nitrogens is 2. The Morgan fingerprint density at radius 2 is 2.10 bits per heavy atom. The second-order valence-electron chi connectivity index (χ2n) is 6.72. The topological polar surface area (TPSA) is 58.1 Å². The molecule has 1 amide bonds. The van der Waals surface area contributed by atoms with E-state index in [2.05, 4.69) is 27.1 Å². The number of amides is 1. The minimum Gasteiger partial charge on any atom is -0.355 e. The lowest BCUT2D eigenvalue weighted by Crippen LogP contribution is -2.40. The summed E-state index contributed by atoms with van der Waals surface area (Å²) < 4.78 is 0. The normalized spacial score (nSPS) is 21.1. The van der Waals surface area contributed by atoms with Gasteiger partial charge in [0.2, 0.25) is 5.91 Å². The molecule has 5 heteroatoms. The first kappa shape index (κ1) is 14.3. The Balaban J connectivity index is 1.46. The van der Waals surface area contributed by atoms with Gasteiger partial charge in [0.25, 0.3) is 0 Å². The minimum atomic E-state index is -0.0577. The molecule has 1 N–H and O–H groups in total. The van der Waals surface area contributed by atoms with E-state index in [4.69, 9.17) is 0 Å². The molecule has 2 aliphatic rings. The van der Waals surface area contributed by atoms with E-state index in [0.29, 0.717) is 5.92 Å². The summed E-state index contributed by atoms with van der Waals surface area (Å²) in [6.07, 6.45) is 7.92. The van der Waals surface area contributed by atoms with Gasteiger partial charge in [0.05, 0.1) is 11.9 Å². The zero-order valence-electron chi connectivity index (χ0n) is 12.9. The Bertz CT molecular complexity index is 519. The van der Waals surface area contributed by atoms with Crippen molar-refractivity contribution in [3.05, 3.63) is 18.1 Å². The first-order valence-electron chi connectivity index (χ1n) is 7.89. The highest BCUT2D eigenvalue weighted by atomic mass is 16.2. The molecule has 1 saturated heterocycles. The lowest BCUT2D eigenvalue weighted by Gasteiger charge is -2.32. The fourth-order valence-electron chi connectivity index (χ4n) is 2.83. The Labute approximate surface area is 126 Å². The molecule has 5 nitrogen and oxygen atoms in total. The number of hydrogen-bond acceptors (Lipinski definition) is 4. The van der Waals surface area contributed by atoms with Gasteiger partial charge in [0.1, 0.15) is 5.82 Å². The van der Waals surface area contributed by atoms with Crippen molar-refractivity contribution < 1.29 is 4.79 Å². The SMILES string of the molecule is Cc1cncc(N2CCC(CNC(=O)C3(C)CC3)CC2)n1. The standard InChI is InChI=1S/C16H24N4O/c1-12-9-17-11-14(19-12)20-7-3-13(4-8-20)10-18-15(21)16(2)5-6-16/h9,11,13H,3-8,10H2,1-2H3,(H,18,21). The lowest BCUT2D eigenvalue weighted by atomic mass is 9.96. The van der Waals surface area contributed by atoms with Gasteiger partial charge in [-0.1, -0.05) is 6.92 Å². The summed E-state index contributed by atoms with van der Waals surface area (Å²) in [5.41, 5.74) is 0.900. The lowest BCUT2D eigenvalue weighted by molar-refractivity contribution is -0.125. The molecule has 1 aliphatic heterocycles. The molecule has 1 saturated carbocycles. The zero-order chi connectivity index (χ0) is 14.9. The Kier molecular flexibility index (Phi) is 3.83. The number of rotatable bonds is 4. The van der Waals surface area contributed by atoms with E-state index in [1.165, 1.54) is 0 Å². The van der Waals surface area contributed by atoms with Crippen LogP contribution in [0.5, 0.6) is 0 Å². The van der Waals surface area contributed by atoms with E-state index < -0.39 is 0 Å². The largest absolute Gasteiger partial charge is 0.355 e. The number of nitrogens with one attached hydrogen (secondary N) is 1. The smallest absolute Gasteiger partial charge is 0.225 e. The van der Waals surface area contributed by atoms with E-state index in [1.54, 1.807) is 6.20 Å². The zero-order valence-corrected chi connectivity index (χ0v) is 12.9. The molecule has 1 aliphatic carbocycles. The maximum absolute atomic E-state index is 12.0. The molecule has 0 unspecified atom stereocenters. The number of nitrogens with zero attached hydrogens (tertiary/aromatic N) is 3. The van der Waals surface area contributed by atoms with Crippen LogP contribution in [0.15, 0.2) is 12.4 Å². The van der Waals surface area contributed by atoms with Crippen LogP contribution in [0.25, 0.3) is 0 Å². The summed E-state index contributed by atoms with van der Waals surface area (Å²) in [6.45, 7) is 6.84.